The van der Waals surface area contributed by atoms with Gasteiger partial charge in [0.25, 0.3) is 11.8 Å². The van der Waals surface area contributed by atoms with Crippen molar-refractivity contribution in [2.75, 3.05) is 25.0 Å². The third-order valence-corrected chi connectivity index (χ3v) is 7.67. The van der Waals surface area contributed by atoms with Crippen molar-refractivity contribution in [2.24, 2.45) is 7.05 Å². The van der Waals surface area contributed by atoms with Crippen LogP contribution in [0.1, 0.15) is 53.0 Å². The third-order valence-electron chi connectivity index (χ3n) is 7.36. The number of hydrogen-bond donors (Lipinski definition) is 4. The van der Waals surface area contributed by atoms with Crippen LogP contribution in [0, 0.1) is 11.6 Å². The molecule has 0 saturated carbocycles. The van der Waals surface area contributed by atoms with Gasteiger partial charge in [-0.1, -0.05) is 18.3 Å². The Bertz CT molecular complexity index is 1580. The number of rotatable bonds is 7. The SMILES string of the molecule is Cc1ccc(C(=O)NCCN2CCCC2(C)C)cc1NC(=O)c1cnc2[nH]c(-c3cn(C)[nH]c3=S)cc2c1. The van der Waals surface area contributed by atoms with Gasteiger partial charge in [0.1, 0.15) is 10.3 Å². The summed E-state index contributed by atoms with van der Waals surface area (Å²) in [4.78, 5) is 36.0. The molecule has 5 rings (SSSR count). The maximum atomic E-state index is 13.1. The highest BCUT2D eigenvalue weighted by atomic mass is 32.1. The van der Waals surface area contributed by atoms with Crippen LogP contribution in [0.2, 0.25) is 0 Å². The molecular formula is C28H33N7O2S. The van der Waals surface area contributed by atoms with Gasteiger partial charge in [-0.2, -0.15) is 0 Å². The monoisotopic (exact) mass is 531 g/mol. The van der Waals surface area contributed by atoms with Gasteiger partial charge in [0, 0.05) is 54.7 Å². The number of pyridine rings is 1. The molecule has 4 aromatic rings. The van der Waals surface area contributed by atoms with Crippen LogP contribution in [0.3, 0.4) is 0 Å². The minimum atomic E-state index is -0.295. The van der Waals surface area contributed by atoms with E-state index in [0.717, 1.165) is 35.3 Å². The summed E-state index contributed by atoms with van der Waals surface area (Å²) in [6, 6.07) is 9.07. The lowest BCUT2D eigenvalue weighted by Gasteiger charge is -2.31. The molecular weight excluding hydrogens is 498 g/mol. The predicted octanol–water partition coefficient (Wildman–Crippen LogP) is 4.79. The Hall–Kier alpha value is -3.76. The molecule has 4 heterocycles. The Balaban J connectivity index is 1.27. The highest BCUT2D eigenvalue weighted by Crippen LogP contribution is 2.27. The fourth-order valence-electron chi connectivity index (χ4n) is 5.06. The molecule has 9 nitrogen and oxygen atoms in total. The summed E-state index contributed by atoms with van der Waals surface area (Å²) in [6.45, 7) is 8.86. The molecule has 2 amide bonds. The number of hydrogen-bond acceptors (Lipinski definition) is 5. The fourth-order valence-corrected chi connectivity index (χ4v) is 5.36. The van der Waals surface area contributed by atoms with Crippen LogP contribution in [0.15, 0.2) is 42.7 Å². The molecule has 1 aliphatic rings. The van der Waals surface area contributed by atoms with Gasteiger partial charge in [0.2, 0.25) is 0 Å². The van der Waals surface area contributed by atoms with Gasteiger partial charge in [-0.05, 0) is 70.0 Å². The van der Waals surface area contributed by atoms with E-state index in [0.29, 0.717) is 33.6 Å². The van der Waals surface area contributed by atoms with Crippen LogP contribution in [-0.2, 0) is 7.05 Å². The first-order valence-electron chi connectivity index (χ1n) is 12.8. The molecule has 1 fully saturated rings. The lowest BCUT2D eigenvalue weighted by molar-refractivity contribution is 0.0939. The largest absolute Gasteiger partial charge is 0.351 e. The van der Waals surface area contributed by atoms with Crippen LogP contribution in [0.4, 0.5) is 5.69 Å². The topological polar surface area (TPSA) is 111 Å². The van der Waals surface area contributed by atoms with Crippen molar-refractivity contribution in [3.05, 3.63) is 64.1 Å². The summed E-state index contributed by atoms with van der Waals surface area (Å²) >= 11 is 5.39. The first kappa shape index (κ1) is 25.9. The summed E-state index contributed by atoms with van der Waals surface area (Å²) in [7, 11) is 1.87. The number of likely N-dealkylation sites (tertiary alicyclic amines) is 1. The summed E-state index contributed by atoms with van der Waals surface area (Å²) in [5.74, 6) is -0.448. The first-order chi connectivity index (χ1) is 18.1. The van der Waals surface area contributed by atoms with E-state index in [9.17, 15) is 9.59 Å². The highest BCUT2D eigenvalue weighted by Gasteiger charge is 2.31. The second-order valence-electron chi connectivity index (χ2n) is 10.6. The number of aromatic amines is 2. The van der Waals surface area contributed by atoms with Crippen molar-refractivity contribution in [1.82, 2.24) is 30.0 Å². The van der Waals surface area contributed by atoms with Crippen LogP contribution in [-0.4, -0.2) is 61.6 Å². The lowest BCUT2D eigenvalue weighted by Crippen LogP contribution is -2.43. The maximum absolute atomic E-state index is 13.1. The number of benzene rings is 1. The van der Waals surface area contributed by atoms with Crippen LogP contribution in [0.5, 0.6) is 0 Å². The number of aryl methyl sites for hydroxylation is 2. The smallest absolute Gasteiger partial charge is 0.257 e. The van der Waals surface area contributed by atoms with Crippen molar-refractivity contribution in [3.63, 3.8) is 0 Å². The number of amides is 2. The number of carbonyl (C=O) groups excluding carboxylic acids is 2. The summed E-state index contributed by atoms with van der Waals surface area (Å²) in [5.41, 5.74) is 4.93. The second kappa shape index (κ2) is 10.2. The number of nitrogens with zero attached hydrogens (tertiary/aromatic N) is 3. The van der Waals surface area contributed by atoms with Crippen molar-refractivity contribution >= 4 is 40.8 Å². The predicted molar refractivity (Wildman–Crippen MR) is 152 cm³/mol. The van der Waals surface area contributed by atoms with E-state index in [1.807, 2.05) is 32.3 Å². The summed E-state index contributed by atoms with van der Waals surface area (Å²) in [6.07, 6.45) is 5.81. The Morgan fingerprint density at radius 3 is 2.68 bits per heavy atom. The Kier molecular flexibility index (Phi) is 6.93. The minimum absolute atomic E-state index is 0.153. The molecule has 38 heavy (non-hydrogen) atoms. The van der Waals surface area contributed by atoms with E-state index in [2.05, 4.69) is 44.4 Å². The number of fused-ring (bicyclic) bond motifs is 1. The normalized spacial score (nSPS) is 15.2. The zero-order chi connectivity index (χ0) is 27.0. The second-order valence-corrected chi connectivity index (χ2v) is 11.0. The molecule has 0 unspecified atom stereocenters. The van der Waals surface area contributed by atoms with Crippen LogP contribution >= 0.6 is 12.2 Å². The van der Waals surface area contributed by atoms with Gasteiger partial charge >= 0.3 is 0 Å². The minimum Gasteiger partial charge on any atom is -0.351 e. The van der Waals surface area contributed by atoms with Gasteiger partial charge in [-0.3, -0.25) is 24.3 Å². The van der Waals surface area contributed by atoms with Crippen LogP contribution in [0.25, 0.3) is 22.3 Å². The molecule has 0 atom stereocenters. The van der Waals surface area contributed by atoms with Gasteiger partial charge in [0.05, 0.1) is 16.8 Å². The fraction of sp³-hybridized carbons (Fsp3) is 0.357. The van der Waals surface area contributed by atoms with Crippen molar-refractivity contribution in [3.8, 4) is 11.3 Å². The average molecular weight is 532 g/mol. The van der Waals surface area contributed by atoms with Gasteiger partial charge in [0.15, 0.2) is 0 Å². The van der Waals surface area contributed by atoms with E-state index < -0.39 is 0 Å². The van der Waals surface area contributed by atoms with Crippen molar-refractivity contribution in [2.45, 2.75) is 39.2 Å². The molecule has 1 aromatic carbocycles. The average Bonchev–Trinajstić information content (AvgIpc) is 3.55. The van der Waals surface area contributed by atoms with Gasteiger partial charge in [-0.25, -0.2) is 4.98 Å². The lowest BCUT2D eigenvalue weighted by atomic mass is 10.0. The molecule has 0 radical (unpaired) electrons. The molecule has 0 bridgehead atoms. The molecule has 0 aliphatic carbocycles. The molecule has 10 heteroatoms. The van der Waals surface area contributed by atoms with E-state index in [1.165, 1.54) is 19.0 Å². The van der Waals surface area contributed by atoms with E-state index in [-0.39, 0.29) is 17.4 Å². The molecule has 1 saturated heterocycles. The first-order valence-corrected chi connectivity index (χ1v) is 13.2. The number of anilines is 1. The third kappa shape index (κ3) is 5.27. The van der Waals surface area contributed by atoms with Gasteiger partial charge in [-0.15, -0.1) is 0 Å². The van der Waals surface area contributed by atoms with Gasteiger partial charge < -0.3 is 15.6 Å². The maximum Gasteiger partial charge on any atom is 0.257 e. The number of nitrogens with one attached hydrogen (secondary N) is 4. The summed E-state index contributed by atoms with van der Waals surface area (Å²) < 4.78 is 2.41. The van der Waals surface area contributed by atoms with Crippen molar-refractivity contribution < 1.29 is 9.59 Å². The molecule has 1 aliphatic heterocycles. The Labute approximate surface area is 226 Å². The molecule has 0 spiro atoms. The van der Waals surface area contributed by atoms with Crippen molar-refractivity contribution in [1.29, 1.82) is 0 Å². The summed E-state index contributed by atoms with van der Waals surface area (Å²) in [5, 5.41) is 9.82. The van der Waals surface area contributed by atoms with E-state index in [1.54, 1.807) is 22.9 Å². The molecule has 3 aromatic heterocycles. The molecule has 4 N–H and O–H groups in total. The number of H-pyrrole nitrogens is 2. The molecule has 198 valence electrons. The Morgan fingerprint density at radius 1 is 1.16 bits per heavy atom. The Morgan fingerprint density at radius 2 is 1.97 bits per heavy atom. The zero-order valence-electron chi connectivity index (χ0n) is 22.1. The van der Waals surface area contributed by atoms with Crippen LogP contribution < -0.4 is 10.6 Å². The zero-order valence-corrected chi connectivity index (χ0v) is 23.0. The van der Waals surface area contributed by atoms with E-state index >= 15 is 0 Å². The highest BCUT2D eigenvalue weighted by molar-refractivity contribution is 7.71. The standard InChI is InChI=1S/C28H33N7O2S/c1-17-6-7-18(25(36)29-9-11-35-10-5-8-28(35,2)3)13-22(17)32-26(37)20-12-19-14-23(31-24(19)30-15-20)21-16-34(4)33-27(21)38/h6-7,12-16H,5,8-11H2,1-4H3,(H,29,36)(H,30,31)(H,32,37)(H,33,38). The number of carbonyl (C=O) groups is 2. The quantitative estimate of drug-likeness (QED) is 0.256. The number of aromatic nitrogens is 4. The van der Waals surface area contributed by atoms with E-state index in [4.69, 9.17) is 12.2 Å².